The van der Waals surface area contributed by atoms with E-state index in [1.807, 2.05) is 18.7 Å². The van der Waals surface area contributed by atoms with Crippen molar-refractivity contribution < 1.29 is 9.18 Å². The zero-order chi connectivity index (χ0) is 13.3. The largest absolute Gasteiger partial charge is 0.398 e. The van der Waals surface area contributed by atoms with Gasteiger partial charge in [-0.05, 0) is 51.3 Å². The maximum atomic E-state index is 13.0. The number of likely N-dealkylation sites (tertiary alicyclic amines) is 1. The molecule has 0 spiro atoms. The molecule has 98 valence electrons. The highest BCUT2D eigenvalue weighted by Gasteiger charge is 2.30. The molecule has 1 aliphatic heterocycles. The second-order valence-corrected chi connectivity index (χ2v) is 5.07. The highest BCUT2D eigenvalue weighted by atomic mass is 19.1. The number of anilines is 1. The smallest absolute Gasteiger partial charge is 0.256 e. The first-order valence-electron chi connectivity index (χ1n) is 6.38. The lowest BCUT2D eigenvalue weighted by Crippen LogP contribution is -2.47. The number of hydrogen-bond acceptors (Lipinski definition) is 2. The molecular weight excluding hydrogens is 231 g/mol. The van der Waals surface area contributed by atoms with E-state index in [2.05, 4.69) is 0 Å². The molecule has 0 bridgehead atoms. The van der Waals surface area contributed by atoms with Crippen LogP contribution < -0.4 is 5.73 Å². The van der Waals surface area contributed by atoms with Gasteiger partial charge in [0.25, 0.3) is 5.91 Å². The van der Waals surface area contributed by atoms with Gasteiger partial charge >= 0.3 is 0 Å². The van der Waals surface area contributed by atoms with Gasteiger partial charge < -0.3 is 10.6 Å². The predicted octanol–water partition coefficient (Wildman–Crippen LogP) is 2.81. The maximum Gasteiger partial charge on any atom is 0.256 e. The third-order valence-corrected chi connectivity index (χ3v) is 3.67. The van der Waals surface area contributed by atoms with Gasteiger partial charge in [0, 0.05) is 17.8 Å². The van der Waals surface area contributed by atoms with Crippen molar-refractivity contribution in [2.75, 3.05) is 5.73 Å². The Labute approximate surface area is 107 Å². The molecular formula is C14H19FN2O. The molecule has 3 nitrogen and oxygen atoms in total. The van der Waals surface area contributed by atoms with Crippen molar-refractivity contribution >= 4 is 11.6 Å². The van der Waals surface area contributed by atoms with E-state index in [1.54, 1.807) is 0 Å². The lowest BCUT2D eigenvalue weighted by atomic mass is 9.96. The SMILES string of the molecule is C[C@@H]1CCC[C@H](C)N1C(=O)c1ccc(F)cc1N. The number of carbonyl (C=O) groups is 1. The predicted molar refractivity (Wildman–Crippen MR) is 69.8 cm³/mol. The van der Waals surface area contributed by atoms with Crippen LogP contribution in [0.1, 0.15) is 43.5 Å². The maximum absolute atomic E-state index is 13.0. The Bertz CT molecular complexity index is 451. The fraction of sp³-hybridized carbons (Fsp3) is 0.500. The first kappa shape index (κ1) is 12.9. The van der Waals surface area contributed by atoms with Crippen LogP contribution in [0.4, 0.5) is 10.1 Å². The Balaban J connectivity index is 2.29. The molecule has 2 atom stereocenters. The molecule has 1 aromatic rings. The van der Waals surface area contributed by atoms with E-state index in [1.165, 1.54) is 18.2 Å². The fourth-order valence-electron chi connectivity index (χ4n) is 2.69. The Kier molecular flexibility index (Phi) is 3.55. The molecule has 2 N–H and O–H groups in total. The van der Waals surface area contributed by atoms with Crippen molar-refractivity contribution in [3.8, 4) is 0 Å². The van der Waals surface area contributed by atoms with Gasteiger partial charge in [-0.25, -0.2) is 4.39 Å². The molecule has 4 heteroatoms. The Morgan fingerprint density at radius 3 is 2.50 bits per heavy atom. The molecule has 1 amide bonds. The van der Waals surface area contributed by atoms with Crippen molar-refractivity contribution in [1.82, 2.24) is 4.90 Å². The number of carbonyl (C=O) groups excluding carboxylic acids is 1. The van der Waals surface area contributed by atoms with E-state index in [9.17, 15) is 9.18 Å². The zero-order valence-electron chi connectivity index (χ0n) is 10.8. The van der Waals surface area contributed by atoms with Crippen molar-refractivity contribution in [2.24, 2.45) is 0 Å². The summed E-state index contributed by atoms with van der Waals surface area (Å²) in [6.07, 6.45) is 3.17. The van der Waals surface area contributed by atoms with Crippen molar-refractivity contribution in [3.05, 3.63) is 29.6 Å². The number of amides is 1. The van der Waals surface area contributed by atoms with Gasteiger partial charge in [-0.15, -0.1) is 0 Å². The minimum Gasteiger partial charge on any atom is -0.398 e. The number of halogens is 1. The monoisotopic (exact) mass is 250 g/mol. The average Bonchev–Trinajstić information content (AvgIpc) is 2.28. The van der Waals surface area contributed by atoms with Crippen LogP contribution in [0, 0.1) is 5.82 Å². The summed E-state index contributed by atoms with van der Waals surface area (Å²) in [5, 5.41) is 0. The van der Waals surface area contributed by atoms with Gasteiger partial charge in [0.2, 0.25) is 0 Å². The van der Waals surface area contributed by atoms with E-state index in [0.29, 0.717) is 5.56 Å². The first-order chi connectivity index (χ1) is 8.50. The summed E-state index contributed by atoms with van der Waals surface area (Å²) in [5.74, 6) is -0.504. The summed E-state index contributed by atoms with van der Waals surface area (Å²) in [4.78, 5) is 14.3. The minimum atomic E-state index is -0.413. The van der Waals surface area contributed by atoms with Gasteiger partial charge in [-0.2, -0.15) is 0 Å². The van der Waals surface area contributed by atoms with Gasteiger partial charge in [-0.3, -0.25) is 4.79 Å². The molecule has 0 radical (unpaired) electrons. The van der Waals surface area contributed by atoms with Crippen LogP contribution >= 0.6 is 0 Å². The first-order valence-corrected chi connectivity index (χ1v) is 6.38. The van der Waals surface area contributed by atoms with Crippen LogP contribution in [0.3, 0.4) is 0 Å². The summed E-state index contributed by atoms with van der Waals surface area (Å²) in [5.41, 5.74) is 6.35. The molecule has 1 fully saturated rings. The van der Waals surface area contributed by atoms with Crippen molar-refractivity contribution in [2.45, 2.75) is 45.2 Å². The Morgan fingerprint density at radius 1 is 1.33 bits per heavy atom. The number of rotatable bonds is 1. The summed E-state index contributed by atoms with van der Waals surface area (Å²) in [6.45, 7) is 4.10. The van der Waals surface area contributed by atoms with Crippen LogP contribution in [-0.2, 0) is 0 Å². The molecule has 0 aromatic heterocycles. The molecule has 2 rings (SSSR count). The standard InChI is InChI=1S/C14H19FN2O/c1-9-4-3-5-10(2)17(9)14(18)12-7-6-11(15)8-13(12)16/h6-10H,3-5,16H2,1-2H3/t9-,10+. The highest BCUT2D eigenvalue weighted by Crippen LogP contribution is 2.26. The number of nitrogens with zero attached hydrogens (tertiary/aromatic N) is 1. The Morgan fingerprint density at radius 2 is 1.94 bits per heavy atom. The molecule has 1 heterocycles. The lowest BCUT2D eigenvalue weighted by molar-refractivity contribution is 0.0512. The number of piperidine rings is 1. The highest BCUT2D eigenvalue weighted by molar-refractivity contribution is 5.99. The van der Waals surface area contributed by atoms with Crippen LogP contribution in [-0.4, -0.2) is 22.9 Å². The van der Waals surface area contributed by atoms with Crippen molar-refractivity contribution in [1.29, 1.82) is 0 Å². The number of nitrogen functional groups attached to an aromatic ring is 1. The van der Waals surface area contributed by atoms with Crippen LogP contribution in [0.25, 0.3) is 0 Å². The second kappa shape index (κ2) is 4.96. The van der Waals surface area contributed by atoms with Gasteiger partial charge in [0.1, 0.15) is 5.82 Å². The van der Waals surface area contributed by atoms with E-state index in [-0.39, 0.29) is 23.7 Å². The molecule has 18 heavy (non-hydrogen) atoms. The number of nitrogens with two attached hydrogens (primary N) is 1. The van der Waals surface area contributed by atoms with E-state index >= 15 is 0 Å². The summed E-state index contributed by atoms with van der Waals surface area (Å²) >= 11 is 0. The topological polar surface area (TPSA) is 46.3 Å². The normalized spacial score (nSPS) is 24.1. The van der Waals surface area contributed by atoms with E-state index in [0.717, 1.165) is 19.3 Å². The summed E-state index contributed by atoms with van der Waals surface area (Å²) in [7, 11) is 0. The molecule has 1 saturated heterocycles. The fourth-order valence-corrected chi connectivity index (χ4v) is 2.69. The molecule has 0 unspecified atom stereocenters. The number of benzene rings is 1. The zero-order valence-corrected chi connectivity index (χ0v) is 10.8. The molecule has 0 aliphatic carbocycles. The van der Waals surface area contributed by atoms with Crippen molar-refractivity contribution in [3.63, 3.8) is 0 Å². The van der Waals surface area contributed by atoms with Crippen LogP contribution in [0.15, 0.2) is 18.2 Å². The molecule has 1 aromatic carbocycles. The third-order valence-electron chi connectivity index (χ3n) is 3.67. The van der Waals surface area contributed by atoms with E-state index < -0.39 is 5.82 Å². The lowest BCUT2D eigenvalue weighted by Gasteiger charge is -2.39. The van der Waals surface area contributed by atoms with Gasteiger partial charge in [-0.1, -0.05) is 0 Å². The Hall–Kier alpha value is -1.58. The van der Waals surface area contributed by atoms with Gasteiger partial charge in [0.15, 0.2) is 0 Å². The third kappa shape index (κ3) is 2.33. The quantitative estimate of drug-likeness (QED) is 0.779. The summed E-state index contributed by atoms with van der Waals surface area (Å²) < 4.78 is 13.0. The summed E-state index contributed by atoms with van der Waals surface area (Å²) in [6, 6.07) is 4.38. The molecule has 1 aliphatic rings. The molecule has 0 saturated carbocycles. The second-order valence-electron chi connectivity index (χ2n) is 5.07. The van der Waals surface area contributed by atoms with Gasteiger partial charge in [0.05, 0.1) is 5.56 Å². The average molecular weight is 250 g/mol. The minimum absolute atomic E-state index is 0.0906. The van der Waals surface area contributed by atoms with E-state index in [4.69, 9.17) is 5.73 Å². The van der Waals surface area contributed by atoms with Crippen LogP contribution in [0.2, 0.25) is 0 Å². The van der Waals surface area contributed by atoms with Crippen LogP contribution in [0.5, 0.6) is 0 Å². The number of hydrogen-bond donors (Lipinski definition) is 1.